The van der Waals surface area contributed by atoms with E-state index in [9.17, 15) is 9.59 Å². The van der Waals surface area contributed by atoms with Crippen LogP contribution in [0.15, 0.2) is 0 Å². The van der Waals surface area contributed by atoms with Gasteiger partial charge < -0.3 is 15.3 Å². The molecule has 5 nitrogen and oxygen atoms in total. The maximum Gasteiger partial charge on any atom is 0.332 e. The summed E-state index contributed by atoms with van der Waals surface area (Å²) < 4.78 is 0. The van der Waals surface area contributed by atoms with Crippen LogP contribution in [0.2, 0.25) is 0 Å². The quantitative estimate of drug-likeness (QED) is 0.516. The van der Waals surface area contributed by atoms with Gasteiger partial charge in [0.25, 0.3) is 0 Å². The van der Waals surface area contributed by atoms with E-state index in [1.807, 2.05) is 13.2 Å². The van der Waals surface area contributed by atoms with E-state index >= 15 is 0 Å². The zero-order valence-electron chi connectivity index (χ0n) is 10.00. The van der Waals surface area contributed by atoms with Crippen molar-refractivity contribution in [3.05, 3.63) is 0 Å². The van der Waals surface area contributed by atoms with Crippen LogP contribution in [0.5, 0.6) is 0 Å². The molecule has 0 amide bonds. The number of hydrogen-bond acceptors (Lipinski definition) is 5. The number of carboxylic acid groups (broad SMARTS) is 1. The number of carbonyl (C=O) groups excluding carboxylic acids is 1. The Hall–Kier alpha value is -0.240. The summed E-state index contributed by atoms with van der Waals surface area (Å²) in [5.41, 5.74) is 0. The molecule has 0 saturated carbocycles. The van der Waals surface area contributed by atoms with Crippen molar-refractivity contribution in [2.75, 3.05) is 12.0 Å². The highest BCUT2D eigenvalue weighted by Gasteiger charge is 2.10. The van der Waals surface area contributed by atoms with Gasteiger partial charge in [0.15, 0.2) is 6.10 Å². The first-order chi connectivity index (χ1) is 7.86. The van der Waals surface area contributed by atoms with Crippen molar-refractivity contribution in [1.82, 2.24) is 0 Å². The topological polar surface area (TPSA) is 94.8 Å². The third kappa shape index (κ3) is 13.7. The van der Waals surface area contributed by atoms with Crippen LogP contribution in [0.25, 0.3) is 0 Å². The molecule has 2 unspecified atom stereocenters. The number of carbonyl (C=O) groups is 2. The smallest absolute Gasteiger partial charge is 0.332 e. The number of carboxylic acids is 1. The van der Waals surface area contributed by atoms with Gasteiger partial charge in [-0.2, -0.15) is 11.8 Å². The number of aliphatic carboxylic acids is 1. The van der Waals surface area contributed by atoms with Crippen LogP contribution in [0.1, 0.15) is 26.2 Å². The molecule has 7 heteroatoms. The van der Waals surface area contributed by atoms with E-state index < -0.39 is 23.3 Å². The Bertz CT molecular complexity index is 223. The van der Waals surface area contributed by atoms with Crippen molar-refractivity contribution < 1.29 is 24.9 Å². The molecule has 0 rings (SSSR count). The van der Waals surface area contributed by atoms with E-state index in [0.717, 1.165) is 6.42 Å². The maximum absolute atomic E-state index is 10.1. The number of rotatable bonds is 7. The molecule has 17 heavy (non-hydrogen) atoms. The van der Waals surface area contributed by atoms with E-state index in [4.69, 9.17) is 15.3 Å². The summed E-state index contributed by atoms with van der Waals surface area (Å²) in [6, 6.07) is 0. The van der Waals surface area contributed by atoms with Gasteiger partial charge >= 0.3 is 5.97 Å². The fourth-order valence-electron chi connectivity index (χ4n) is 0.750. The molecule has 0 radical (unpaired) electrons. The first kappa shape index (κ1) is 19.1. The number of hydrogen-bond donors (Lipinski definition) is 4. The Morgan fingerprint density at radius 2 is 1.76 bits per heavy atom. The molecule has 3 N–H and O–H groups in total. The molecule has 0 fully saturated rings. The number of thioether (sulfide) groups is 1. The summed E-state index contributed by atoms with van der Waals surface area (Å²) in [5, 5.41) is 25.1. The fourth-order valence-corrected chi connectivity index (χ4v) is 1.34. The van der Waals surface area contributed by atoms with Crippen molar-refractivity contribution in [1.29, 1.82) is 0 Å². The Morgan fingerprint density at radius 1 is 1.24 bits per heavy atom. The van der Waals surface area contributed by atoms with Crippen molar-refractivity contribution in [2.45, 2.75) is 38.4 Å². The Morgan fingerprint density at radius 3 is 2.00 bits per heavy atom. The molecule has 0 saturated heterocycles. The molecular formula is C10H20O5S2. The molecule has 0 aromatic rings. The van der Waals surface area contributed by atoms with Gasteiger partial charge in [0, 0.05) is 0 Å². The van der Waals surface area contributed by atoms with E-state index in [0.29, 0.717) is 18.6 Å². The summed E-state index contributed by atoms with van der Waals surface area (Å²) in [6.07, 6.45) is 1.49. The first-order valence-corrected chi connectivity index (χ1v) is 7.01. The highest BCUT2D eigenvalue weighted by atomic mass is 32.2. The summed E-state index contributed by atoms with van der Waals surface area (Å²) >= 11 is 4.96. The second-order valence-electron chi connectivity index (χ2n) is 3.28. The second-order valence-corrected chi connectivity index (χ2v) is 4.70. The molecule has 0 aliphatic carbocycles. The van der Waals surface area contributed by atoms with E-state index in [-0.39, 0.29) is 0 Å². The van der Waals surface area contributed by atoms with Crippen LogP contribution in [0.4, 0.5) is 0 Å². The first-order valence-electron chi connectivity index (χ1n) is 5.17. The van der Waals surface area contributed by atoms with Crippen molar-refractivity contribution in [3.8, 4) is 0 Å². The highest BCUT2D eigenvalue weighted by Crippen LogP contribution is 1.99. The van der Waals surface area contributed by atoms with Crippen molar-refractivity contribution in [2.24, 2.45) is 0 Å². The molecule has 102 valence electrons. The predicted molar refractivity (Wildman–Crippen MR) is 71.5 cm³/mol. The van der Waals surface area contributed by atoms with Gasteiger partial charge in [0.1, 0.15) is 6.10 Å². The lowest BCUT2D eigenvalue weighted by molar-refractivity contribution is -0.146. The van der Waals surface area contributed by atoms with Gasteiger partial charge in [-0.25, -0.2) is 4.79 Å². The molecule has 2 atom stereocenters. The molecule has 0 bridgehead atoms. The average Bonchev–Trinajstić information content (AvgIpc) is 2.26. The summed E-state index contributed by atoms with van der Waals surface area (Å²) in [7, 11) is 0. The molecule has 0 heterocycles. The third-order valence-corrected chi connectivity index (χ3v) is 2.67. The predicted octanol–water partition coefficient (Wildman–Crippen LogP) is 0.789. The third-order valence-electron chi connectivity index (χ3n) is 1.73. The zero-order chi connectivity index (χ0) is 13.8. The molecule has 0 aromatic heterocycles. The van der Waals surface area contributed by atoms with Gasteiger partial charge in [-0.05, 0) is 24.9 Å². The Labute approximate surface area is 111 Å². The minimum absolute atomic E-state index is 0.330. The number of aliphatic hydroxyl groups is 2. The zero-order valence-corrected chi connectivity index (χ0v) is 11.7. The van der Waals surface area contributed by atoms with Crippen LogP contribution in [0.3, 0.4) is 0 Å². The monoisotopic (exact) mass is 284 g/mol. The van der Waals surface area contributed by atoms with Crippen molar-refractivity contribution in [3.63, 3.8) is 0 Å². The fraction of sp³-hybridized carbons (Fsp3) is 0.800. The van der Waals surface area contributed by atoms with Crippen molar-refractivity contribution >= 4 is 35.5 Å². The molecule has 0 aliphatic rings. The van der Waals surface area contributed by atoms with Crippen LogP contribution >= 0.6 is 24.4 Å². The normalized spacial score (nSPS) is 13.2. The molecular weight excluding hydrogens is 264 g/mol. The maximum atomic E-state index is 10.1. The highest BCUT2D eigenvalue weighted by molar-refractivity contribution is 7.98. The van der Waals surface area contributed by atoms with Crippen LogP contribution in [-0.4, -0.2) is 50.6 Å². The van der Waals surface area contributed by atoms with E-state index in [1.54, 1.807) is 0 Å². The average molecular weight is 284 g/mol. The van der Waals surface area contributed by atoms with Crippen LogP contribution in [-0.2, 0) is 9.59 Å². The van der Waals surface area contributed by atoms with Gasteiger partial charge in [0.05, 0.1) is 0 Å². The van der Waals surface area contributed by atoms with Gasteiger partial charge in [0.2, 0.25) is 5.12 Å². The minimum Gasteiger partial charge on any atom is -0.479 e. The molecule has 0 spiro atoms. The number of thiol groups is 1. The summed E-state index contributed by atoms with van der Waals surface area (Å²) in [6.45, 7) is 1.90. The molecule has 0 aromatic carbocycles. The van der Waals surface area contributed by atoms with Gasteiger partial charge in [-0.15, -0.1) is 12.6 Å². The van der Waals surface area contributed by atoms with Gasteiger partial charge in [-0.3, -0.25) is 4.79 Å². The van der Waals surface area contributed by atoms with E-state index in [2.05, 4.69) is 12.6 Å². The lowest BCUT2D eigenvalue weighted by Gasteiger charge is -2.01. The largest absolute Gasteiger partial charge is 0.479 e. The molecule has 0 aliphatic heterocycles. The Kier molecular flexibility index (Phi) is 13.7. The second kappa shape index (κ2) is 12.2. The summed E-state index contributed by atoms with van der Waals surface area (Å²) in [5.74, 6) is -0.447. The van der Waals surface area contributed by atoms with E-state index in [1.165, 1.54) is 11.8 Å². The van der Waals surface area contributed by atoms with Crippen LogP contribution in [0, 0.1) is 0 Å². The van der Waals surface area contributed by atoms with Gasteiger partial charge in [-0.1, -0.05) is 13.3 Å². The number of aliphatic hydroxyl groups excluding tert-OH is 2. The lowest BCUT2D eigenvalue weighted by atomic mass is 10.2. The van der Waals surface area contributed by atoms with Crippen LogP contribution < -0.4 is 0 Å². The Balaban J connectivity index is 0. The lowest BCUT2D eigenvalue weighted by Crippen LogP contribution is -2.19. The SMILES string of the molecule is CCCC(O)C(=O)S.CSCCC(O)C(=O)O. The summed E-state index contributed by atoms with van der Waals surface area (Å²) in [4.78, 5) is 20.1. The minimum atomic E-state index is -1.18. The standard InChI is InChI=1S/C5H10O3S.C5H10O2S/c1-9-3-2-4(6)5(7)8;1-2-3-4(6)5(7)8/h4,6H,2-3H2,1H3,(H,7,8);4,6H,2-3H2,1H3,(H,7,8).